The Labute approximate surface area is 128 Å². The Bertz CT molecular complexity index is 439. The molecule has 8 heteroatoms. The third kappa shape index (κ3) is 4.60. The second-order valence-electron chi connectivity index (χ2n) is 4.70. The highest BCUT2D eigenvalue weighted by atomic mass is 32.2. The average molecular weight is 318 g/mol. The summed E-state index contributed by atoms with van der Waals surface area (Å²) in [7, 11) is 5.29. The highest BCUT2D eigenvalue weighted by molar-refractivity contribution is 8.01. The van der Waals surface area contributed by atoms with Crippen molar-refractivity contribution in [3.05, 3.63) is 0 Å². The van der Waals surface area contributed by atoms with Crippen molar-refractivity contribution in [3.63, 3.8) is 0 Å². The number of carbonyl (C=O) groups is 1. The lowest BCUT2D eigenvalue weighted by Crippen LogP contribution is -2.50. The maximum absolute atomic E-state index is 11.8. The number of esters is 1. The second kappa shape index (κ2) is 7.80. The Morgan fingerprint density at radius 1 is 1.50 bits per heavy atom. The Morgan fingerprint density at radius 2 is 2.20 bits per heavy atom. The van der Waals surface area contributed by atoms with E-state index in [-0.39, 0.29) is 5.97 Å². The summed E-state index contributed by atoms with van der Waals surface area (Å²) in [6.45, 7) is 4.57. The molecule has 6 nitrogen and oxygen atoms in total. The molecule has 1 aromatic rings. The third-order valence-electron chi connectivity index (χ3n) is 2.81. The maximum atomic E-state index is 11.8. The average Bonchev–Trinajstić information content (AvgIpc) is 2.87. The van der Waals surface area contributed by atoms with Crippen LogP contribution in [0.1, 0.15) is 20.3 Å². The molecule has 1 aromatic heterocycles. The maximum Gasteiger partial charge on any atom is 0.325 e. The minimum Gasteiger partial charge on any atom is -0.468 e. The zero-order chi connectivity index (χ0) is 15.2. The van der Waals surface area contributed by atoms with E-state index in [0.29, 0.717) is 6.42 Å². The van der Waals surface area contributed by atoms with E-state index in [1.54, 1.807) is 23.1 Å². The highest BCUT2D eigenvalue weighted by Crippen LogP contribution is 2.28. The molecular weight excluding hydrogens is 296 g/mol. The second-order valence-corrected chi connectivity index (χ2v) is 7.00. The van der Waals surface area contributed by atoms with Crippen LogP contribution in [0.4, 0.5) is 5.13 Å². The van der Waals surface area contributed by atoms with Gasteiger partial charge in [-0.3, -0.25) is 4.79 Å². The summed E-state index contributed by atoms with van der Waals surface area (Å²) in [5.74, 6) is 0.548. The quantitative estimate of drug-likeness (QED) is 0.577. The number of thioether (sulfide) groups is 1. The zero-order valence-corrected chi connectivity index (χ0v) is 14.2. The fourth-order valence-corrected chi connectivity index (χ4v) is 3.66. The van der Waals surface area contributed by atoms with Gasteiger partial charge in [0.15, 0.2) is 4.34 Å². The molecule has 0 saturated heterocycles. The van der Waals surface area contributed by atoms with Gasteiger partial charge in [0.1, 0.15) is 5.54 Å². The minimum atomic E-state index is -0.647. The molecular formula is C12H22N4O2S2. The number of carbonyl (C=O) groups excluding carboxylic acids is 1. The summed E-state index contributed by atoms with van der Waals surface area (Å²) in [6.07, 6.45) is 0.676. The fourth-order valence-electron chi connectivity index (χ4n) is 1.66. The summed E-state index contributed by atoms with van der Waals surface area (Å²) < 4.78 is 5.78. The lowest BCUT2D eigenvalue weighted by molar-refractivity contribution is -0.147. The highest BCUT2D eigenvalue weighted by Gasteiger charge is 2.32. The summed E-state index contributed by atoms with van der Waals surface area (Å²) >= 11 is 3.16. The van der Waals surface area contributed by atoms with E-state index in [2.05, 4.69) is 15.5 Å². The largest absolute Gasteiger partial charge is 0.468 e. The number of anilines is 1. The molecule has 1 N–H and O–H groups in total. The van der Waals surface area contributed by atoms with Gasteiger partial charge in [0, 0.05) is 19.8 Å². The van der Waals surface area contributed by atoms with E-state index in [0.717, 1.165) is 21.8 Å². The van der Waals surface area contributed by atoms with Gasteiger partial charge in [-0.05, 0) is 19.9 Å². The van der Waals surface area contributed by atoms with Crippen molar-refractivity contribution in [2.75, 3.05) is 38.4 Å². The number of methoxy groups -OCH3 is 1. The summed E-state index contributed by atoms with van der Waals surface area (Å²) in [5.41, 5.74) is -0.647. The smallest absolute Gasteiger partial charge is 0.325 e. The molecule has 0 amide bonds. The van der Waals surface area contributed by atoms with Gasteiger partial charge in [-0.25, -0.2) is 0 Å². The van der Waals surface area contributed by atoms with Gasteiger partial charge in [-0.2, -0.15) is 0 Å². The van der Waals surface area contributed by atoms with Crippen LogP contribution in [0, 0.1) is 0 Å². The Kier molecular flexibility index (Phi) is 6.70. The van der Waals surface area contributed by atoms with Gasteiger partial charge in [0.25, 0.3) is 0 Å². The lowest BCUT2D eigenvalue weighted by Gasteiger charge is -2.27. The van der Waals surface area contributed by atoms with Crippen LogP contribution < -0.4 is 10.2 Å². The van der Waals surface area contributed by atoms with Gasteiger partial charge in [0.2, 0.25) is 5.13 Å². The van der Waals surface area contributed by atoms with Crippen molar-refractivity contribution >= 4 is 34.2 Å². The van der Waals surface area contributed by atoms with E-state index in [1.807, 2.05) is 32.8 Å². The van der Waals surface area contributed by atoms with E-state index in [1.165, 1.54) is 7.11 Å². The zero-order valence-electron chi connectivity index (χ0n) is 12.6. The lowest BCUT2D eigenvalue weighted by atomic mass is 9.99. The monoisotopic (exact) mass is 318 g/mol. The standard InChI is InChI=1S/C12H22N4O2S2/c1-6-13-12(2,9(17)18-5)7-8-19-11-15-14-10(20-11)16(3)4/h13H,6-8H2,1-5H3. The number of rotatable bonds is 8. The third-order valence-corrected chi connectivity index (χ3v) is 5.03. The van der Waals surface area contributed by atoms with E-state index >= 15 is 0 Å². The van der Waals surface area contributed by atoms with Crippen LogP contribution in [0.2, 0.25) is 0 Å². The fraction of sp³-hybridized carbons (Fsp3) is 0.750. The summed E-state index contributed by atoms with van der Waals surface area (Å²) in [6, 6.07) is 0. The van der Waals surface area contributed by atoms with Gasteiger partial charge >= 0.3 is 5.97 Å². The Balaban J connectivity index is 2.53. The van der Waals surface area contributed by atoms with Crippen molar-refractivity contribution in [1.82, 2.24) is 15.5 Å². The van der Waals surface area contributed by atoms with Crippen LogP contribution in [-0.4, -0.2) is 55.2 Å². The summed E-state index contributed by atoms with van der Waals surface area (Å²) in [5, 5.41) is 12.3. The molecule has 0 aliphatic carbocycles. The molecule has 1 unspecified atom stereocenters. The molecule has 0 aromatic carbocycles. The molecule has 0 fully saturated rings. The molecule has 20 heavy (non-hydrogen) atoms. The molecule has 114 valence electrons. The molecule has 0 spiro atoms. The molecule has 1 heterocycles. The van der Waals surface area contributed by atoms with E-state index in [4.69, 9.17) is 4.74 Å². The molecule has 1 rings (SSSR count). The SMILES string of the molecule is CCNC(C)(CCSc1nnc(N(C)C)s1)C(=O)OC. The Morgan fingerprint density at radius 3 is 2.70 bits per heavy atom. The van der Waals surface area contributed by atoms with Crippen LogP contribution in [0.15, 0.2) is 4.34 Å². The number of hydrogen-bond acceptors (Lipinski definition) is 8. The minimum absolute atomic E-state index is 0.230. The predicted octanol–water partition coefficient (Wildman–Crippen LogP) is 1.63. The van der Waals surface area contributed by atoms with Crippen LogP contribution in [0.25, 0.3) is 0 Å². The van der Waals surface area contributed by atoms with Gasteiger partial charge in [-0.15, -0.1) is 10.2 Å². The first-order valence-corrected chi connectivity index (χ1v) is 8.20. The van der Waals surface area contributed by atoms with Crippen molar-refractivity contribution in [2.24, 2.45) is 0 Å². The van der Waals surface area contributed by atoms with Crippen molar-refractivity contribution < 1.29 is 9.53 Å². The number of aromatic nitrogens is 2. The normalized spacial score (nSPS) is 13.8. The van der Waals surface area contributed by atoms with Crippen LogP contribution >= 0.6 is 23.1 Å². The van der Waals surface area contributed by atoms with E-state index in [9.17, 15) is 4.79 Å². The van der Waals surface area contributed by atoms with Crippen molar-refractivity contribution in [2.45, 2.75) is 30.1 Å². The van der Waals surface area contributed by atoms with Crippen molar-refractivity contribution in [1.29, 1.82) is 0 Å². The first-order chi connectivity index (χ1) is 9.42. The molecule has 0 saturated carbocycles. The first-order valence-electron chi connectivity index (χ1n) is 6.40. The van der Waals surface area contributed by atoms with Crippen molar-refractivity contribution in [3.8, 4) is 0 Å². The van der Waals surface area contributed by atoms with Crippen LogP contribution in [0.5, 0.6) is 0 Å². The predicted molar refractivity (Wildman–Crippen MR) is 83.7 cm³/mol. The number of hydrogen-bond donors (Lipinski definition) is 1. The van der Waals surface area contributed by atoms with Crippen LogP contribution in [0.3, 0.4) is 0 Å². The molecule has 1 atom stereocenters. The van der Waals surface area contributed by atoms with E-state index < -0.39 is 5.54 Å². The first kappa shape index (κ1) is 17.2. The number of nitrogens with zero attached hydrogens (tertiary/aromatic N) is 3. The van der Waals surface area contributed by atoms with Gasteiger partial charge in [-0.1, -0.05) is 30.0 Å². The molecule has 0 aliphatic rings. The Hall–Kier alpha value is -0.860. The molecule has 0 radical (unpaired) electrons. The van der Waals surface area contributed by atoms with Gasteiger partial charge < -0.3 is 15.0 Å². The number of ether oxygens (including phenoxy) is 1. The summed E-state index contributed by atoms with van der Waals surface area (Å²) in [4.78, 5) is 13.8. The molecule has 0 bridgehead atoms. The number of likely N-dealkylation sites (N-methyl/N-ethyl adjacent to an activating group) is 1. The number of nitrogens with one attached hydrogen (secondary N) is 1. The molecule has 0 aliphatic heterocycles. The van der Waals surface area contributed by atoms with Crippen LogP contribution in [-0.2, 0) is 9.53 Å². The topological polar surface area (TPSA) is 67.4 Å². The van der Waals surface area contributed by atoms with Gasteiger partial charge in [0.05, 0.1) is 7.11 Å².